The van der Waals surface area contributed by atoms with Crippen LogP contribution >= 0.6 is 0 Å². The number of aliphatic hydroxyl groups is 1. The minimum absolute atomic E-state index is 0.223. The Bertz CT molecular complexity index is 468. The van der Waals surface area contributed by atoms with Gasteiger partial charge < -0.3 is 9.84 Å². The van der Waals surface area contributed by atoms with Crippen LogP contribution in [-0.4, -0.2) is 32.9 Å². The van der Waals surface area contributed by atoms with Crippen molar-refractivity contribution in [2.75, 3.05) is 5.32 Å². The number of hydrogen-bond donors (Lipinski definition) is 2. The van der Waals surface area contributed by atoms with E-state index in [4.69, 9.17) is 4.74 Å². The van der Waals surface area contributed by atoms with Crippen molar-refractivity contribution in [1.82, 2.24) is 9.97 Å². The average Bonchev–Trinajstić information content (AvgIpc) is 2.74. The van der Waals surface area contributed by atoms with Gasteiger partial charge in [-0.3, -0.25) is 5.32 Å². The monoisotopic (exact) mass is 279 g/mol. The van der Waals surface area contributed by atoms with Crippen LogP contribution in [0.15, 0.2) is 12.4 Å². The van der Waals surface area contributed by atoms with Crippen molar-refractivity contribution in [3.63, 3.8) is 0 Å². The van der Waals surface area contributed by atoms with Gasteiger partial charge in [-0.05, 0) is 51.5 Å². The van der Waals surface area contributed by atoms with E-state index < -0.39 is 11.7 Å². The molecule has 110 valence electrons. The van der Waals surface area contributed by atoms with Gasteiger partial charge >= 0.3 is 6.09 Å². The first kappa shape index (κ1) is 14.7. The van der Waals surface area contributed by atoms with Gasteiger partial charge in [0, 0.05) is 12.4 Å². The summed E-state index contributed by atoms with van der Waals surface area (Å²) in [6.07, 6.45) is 5.12. The second-order valence-electron chi connectivity index (χ2n) is 6.13. The standard InChI is InChI=1S/C14H21N3O3/c1-14(2,3)20-13(19)17-12-15-7-10(8-16-12)9-4-5-11(18)6-9/h7-9,11,18H,4-6H2,1-3H3,(H,15,16,17,19)/t9-,11+/m0/s1. The number of nitrogens with zero attached hydrogens (tertiary/aromatic N) is 2. The third-order valence-corrected chi connectivity index (χ3v) is 3.16. The van der Waals surface area contributed by atoms with Gasteiger partial charge in [-0.1, -0.05) is 0 Å². The van der Waals surface area contributed by atoms with Crippen molar-refractivity contribution in [2.45, 2.75) is 57.7 Å². The summed E-state index contributed by atoms with van der Waals surface area (Å²) in [6, 6.07) is 0. The van der Waals surface area contributed by atoms with E-state index in [9.17, 15) is 9.90 Å². The zero-order valence-corrected chi connectivity index (χ0v) is 12.1. The van der Waals surface area contributed by atoms with E-state index in [0.717, 1.165) is 24.8 Å². The van der Waals surface area contributed by atoms with Gasteiger partial charge in [-0.25, -0.2) is 14.8 Å². The molecule has 0 aromatic carbocycles. The normalized spacial score (nSPS) is 22.6. The maximum Gasteiger partial charge on any atom is 0.414 e. The number of nitrogens with one attached hydrogen (secondary N) is 1. The lowest BCUT2D eigenvalue weighted by Crippen LogP contribution is -2.27. The summed E-state index contributed by atoms with van der Waals surface area (Å²) in [6.45, 7) is 5.38. The number of aromatic nitrogens is 2. The highest BCUT2D eigenvalue weighted by Gasteiger charge is 2.24. The molecular weight excluding hydrogens is 258 g/mol. The van der Waals surface area contributed by atoms with E-state index in [0.29, 0.717) is 5.92 Å². The largest absolute Gasteiger partial charge is 0.444 e. The second-order valence-corrected chi connectivity index (χ2v) is 6.13. The van der Waals surface area contributed by atoms with Gasteiger partial charge in [0.15, 0.2) is 0 Å². The van der Waals surface area contributed by atoms with Crippen molar-refractivity contribution in [3.05, 3.63) is 18.0 Å². The summed E-state index contributed by atoms with van der Waals surface area (Å²) in [5.74, 6) is 0.530. The highest BCUT2D eigenvalue weighted by Crippen LogP contribution is 2.33. The average molecular weight is 279 g/mol. The number of anilines is 1. The molecule has 6 heteroatoms. The highest BCUT2D eigenvalue weighted by atomic mass is 16.6. The number of amides is 1. The van der Waals surface area contributed by atoms with Crippen LogP contribution in [0.25, 0.3) is 0 Å². The minimum Gasteiger partial charge on any atom is -0.444 e. The topological polar surface area (TPSA) is 84.3 Å². The van der Waals surface area contributed by atoms with Gasteiger partial charge in [0.25, 0.3) is 0 Å². The first-order valence-corrected chi connectivity index (χ1v) is 6.83. The first-order chi connectivity index (χ1) is 9.33. The molecule has 0 spiro atoms. The van der Waals surface area contributed by atoms with Crippen molar-refractivity contribution in [3.8, 4) is 0 Å². The molecule has 20 heavy (non-hydrogen) atoms. The van der Waals surface area contributed by atoms with Gasteiger partial charge in [0.2, 0.25) is 5.95 Å². The van der Waals surface area contributed by atoms with E-state index in [1.165, 1.54) is 0 Å². The molecule has 2 N–H and O–H groups in total. The third-order valence-electron chi connectivity index (χ3n) is 3.16. The summed E-state index contributed by atoms with van der Waals surface area (Å²) in [7, 11) is 0. The number of hydrogen-bond acceptors (Lipinski definition) is 5. The second kappa shape index (κ2) is 5.75. The number of carbonyl (C=O) groups is 1. The van der Waals surface area contributed by atoms with Crippen molar-refractivity contribution >= 4 is 12.0 Å². The molecule has 1 fully saturated rings. The Morgan fingerprint density at radius 2 is 2.00 bits per heavy atom. The Morgan fingerprint density at radius 1 is 1.35 bits per heavy atom. The first-order valence-electron chi connectivity index (χ1n) is 6.83. The van der Waals surface area contributed by atoms with Crippen LogP contribution in [0.4, 0.5) is 10.7 Å². The Kier molecular flexibility index (Phi) is 4.23. The molecule has 0 saturated heterocycles. The van der Waals surface area contributed by atoms with Gasteiger partial charge in [-0.2, -0.15) is 0 Å². The maximum atomic E-state index is 11.6. The summed E-state index contributed by atoms with van der Waals surface area (Å²) < 4.78 is 5.12. The molecule has 1 saturated carbocycles. The molecule has 1 aliphatic rings. The van der Waals surface area contributed by atoms with Crippen LogP contribution in [0, 0.1) is 0 Å². The van der Waals surface area contributed by atoms with Crippen LogP contribution in [0.5, 0.6) is 0 Å². The molecular formula is C14H21N3O3. The van der Waals surface area contributed by atoms with Crippen LogP contribution in [0.2, 0.25) is 0 Å². The van der Waals surface area contributed by atoms with E-state index in [2.05, 4.69) is 15.3 Å². The lowest BCUT2D eigenvalue weighted by atomic mass is 10.0. The molecule has 1 heterocycles. The zero-order chi connectivity index (χ0) is 14.8. The molecule has 1 aliphatic carbocycles. The molecule has 2 rings (SSSR count). The molecule has 1 aromatic heterocycles. The fourth-order valence-corrected chi connectivity index (χ4v) is 2.27. The number of ether oxygens (including phenoxy) is 1. The van der Waals surface area contributed by atoms with Gasteiger partial charge in [-0.15, -0.1) is 0 Å². The van der Waals surface area contributed by atoms with E-state index >= 15 is 0 Å². The van der Waals surface area contributed by atoms with Crippen molar-refractivity contribution < 1.29 is 14.6 Å². The smallest absolute Gasteiger partial charge is 0.414 e. The van der Waals surface area contributed by atoms with Crippen LogP contribution in [0.3, 0.4) is 0 Å². The summed E-state index contributed by atoms with van der Waals surface area (Å²) in [4.78, 5) is 19.8. The van der Waals surface area contributed by atoms with E-state index in [-0.39, 0.29) is 12.1 Å². The van der Waals surface area contributed by atoms with Crippen molar-refractivity contribution in [2.24, 2.45) is 0 Å². The Hall–Kier alpha value is -1.69. The van der Waals surface area contributed by atoms with Crippen molar-refractivity contribution in [1.29, 1.82) is 0 Å². The predicted molar refractivity (Wildman–Crippen MR) is 74.5 cm³/mol. The molecule has 0 aliphatic heterocycles. The molecule has 6 nitrogen and oxygen atoms in total. The van der Waals surface area contributed by atoms with Crippen LogP contribution in [-0.2, 0) is 4.74 Å². The number of carbonyl (C=O) groups excluding carboxylic acids is 1. The van der Waals surface area contributed by atoms with Crippen LogP contribution in [0.1, 0.15) is 51.5 Å². The molecule has 2 atom stereocenters. The molecule has 1 aromatic rings. The minimum atomic E-state index is -0.568. The molecule has 0 radical (unpaired) electrons. The Labute approximate surface area is 118 Å². The van der Waals surface area contributed by atoms with Crippen LogP contribution < -0.4 is 5.32 Å². The van der Waals surface area contributed by atoms with Gasteiger partial charge in [0.05, 0.1) is 6.10 Å². The Balaban J connectivity index is 1.93. The molecule has 1 amide bonds. The van der Waals surface area contributed by atoms with E-state index in [1.807, 2.05) is 0 Å². The number of aliphatic hydroxyl groups excluding tert-OH is 1. The summed E-state index contributed by atoms with van der Waals surface area (Å²) >= 11 is 0. The summed E-state index contributed by atoms with van der Waals surface area (Å²) in [5.41, 5.74) is 0.445. The SMILES string of the molecule is CC(C)(C)OC(=O)Nc1ncc([C@H]2CC[C@@H](O)C2)cn1. The fraction of sp³-hybridized carbons (Fsp3) is 0.643. The van der Waals surface area contributed by atoms with Gasteiger partial charge in [0.1, 0.15) is 5.60 Å². The fourth-order valence-electron chi connectivity index (χ4n) is 2.27. The highest BCUT2D eigenvalue weighted by molar-refractivity contribution is 5.82. The quantitative estimate of drug-likeness (QED) is 0.868. The molecule has 0 unspecified atom stereocenters. The Morgan fingerprint density at radius 3 is 2.50 bits per heavy atom. The summed E-state index contributed by atoms with van der Waals surface area (Å²) in [5, 5.41) is 12.0. The predicted octanol–water partition coefficient (Wildman–Crippen LogP) is 2.45. The van der Waals surface area contributed by atoms with E-state index in [1.54, 1.807) is 33.2 Å². The third kappa shape index (κ3) is 4.16. The lowest BCUT2D eigenvalue weighted by molar-refractivity contribution is 0.0634. The number of rotatable bonds is 2. The molecule has 0 bridgehead atoms. The lowest BCUT2D eigenvalue weighted by Gasteiger charge is -2.19. The zero-order valence-electron chi connectivity index (χ0n) is 12.1. The maximum absolute atomic E-state index is 11.6.